The Morgan fingerprint density at radius 2 is 1.86 bits per heavy atom. The van der Waals surface area contributed by atoms with E-state index < -0.39 is 66.3 Å². The van der Waals surface area contributed by atoms with Crippen molar-refractivity contribution < 1.29 is 39.9 Å². The molecular formula is C20H28O8. The highest BCUT2D eigenvalue weighted by Gasteiger charge is 2.53. The average Bonchev–Trinajstić information content (AvgIpc) is 2.65. The number of hydrogen-bond donors (Lipinski definition) is 5. The minimum absolute atomic E-state index is 0.0580. The van der Waals surface area contributed by atoms with Crippen LogP contribution < -0.4 is 0 Å². The van der Waals surface area contributed by atoms with Gasteiger partial charge in [0.2, 0.25) is 0 Å². The lowest BCUT2D eigenvalue weighted by Gasteiger charge is -2.50. The Morgan fingerprint density at radius 3 is 2.29 bits per heavy atom. The molecule has 1 rings (SSSR count). The van der Waals surface area contributed by atoms with Gasteiger partial charge in [0.25, 0.3) is 0 Å². The van der Waals surface area contributed by atoms with E-state index in [0.717, 1.165) is 0 Å². The maximum Gasteiger partial charge on any atom is 0.336 e. The number of ether oxygens (including phenoxy) is 1. The lowest BCUT2D eigenvalue weighted by molar-refractivity contribution is -0.162. The summed E-state index contributed by atoms with van der Waals surface area (Å²) in [6, 6.07) is 0. The van der Waals surface area contributed by atoms with E-state index in [1.807, 2.05) is 0 Å². The van der Waals surface area contributed by atoms with Crippen LogP contribution in [0.5, 0.6) is 0 Å². The smallest absolute Gasteiger partial charge is 0.336 e. The van der Waals surface area contributed by atoms with Gasteiger partial charge in [-0.05, 0) is 17.4 Å². The van der Waals surface area contributed by atoms with Gasteiger partial charge in [0, 0.05) is 11.5 Å². The summed E-state index contributed by atoms with van der Waals surface area (Å²) < 4.78 is 5.36. The monoisotopic (exact) mass is 396 g/mol. The average molecular weight is 396 g/mol. The van der Waals surface area contributed by atoms with Crippen LogP contribution in [0.2, 0.25) is 0 Å². The van der Waals surface area contributed by atoms with Gasteiger partial charge in [0.1, 0.15) is 12.2 Å². The first kappa shape index (κ1) is 23.8. The summed E-state index contributed by atoms with van der Waals surface area (Å²) in [6.07, 6.45) is -2.45. The quantitative estimate of drug-likeness (QED) is 0.211. The first-order valence-electron chi connectivity index (χ1n) is 8.66. The standard InChI is InChI=1S/C20H28O8/c1-6-20(5)7-14(28-19(27)11(3)13(23)9-22)15(12(4)18(25)26)17(24)16(20)10(2)8-21/h6,13-17,21-24H,1-4,7-9H2,5H3,(H,25,26)/t13-,14+,15+,16+,17-,20-/m1/s1. The summed E-state index contributed by atoms with van der Waals surface area (Å²) in [4.78, 5) is 23.8. The summed E-state index contributed by atoms with van der Waals surface area (Å²) in [5, 5.41) is 48.4. The van der Waals surface area contributed by atoms with Crippen molar-refractivity contribution in [1.82, 2.24) is 0 Å². The van der Waals surface area contributed by atoms with Crippen molar-refractivity contribution in [3.05, 3.63) is 49.1 Å². The predicted molar refractivity (Wildman–Crippen MR) is 101 cm³/mol. The zero-order chi connectivity index (χ0) is 21.8. The topological polar surface area (TPSA) is 145 Å². The third-order valence-corrected chi connectivity index (χ3v) is 5.34. The van der Waals surface area contributed by atoms with Crippen LogP contribution in [0.15, 0.2) is 49.1 Å². The second-order valence-electron chi connectivity index (χ2n) is 7.22. The minimum Gasteiger partial charge on any atom is -0.478 e. The Balaban J connectivity index is 3.35. The highest BCUT2D eigenvalue weighted by atomic mass is 16.5. The maximum absolute atomic E-state index is 12.3. The molecule has 8 nitrogen and oxygen atoms in total. The SMILES string of the molecule is C=C[C@]1(C)C[C@H](OC(=O)C(=C)[C@H](O)CO)[C@H](C(=C)C(=O)O)[C@@H](O)[C@@H]1C(=C)CO. The van der Waals surface area contributed by atoms with Crippen molar-refractivity contribution in [1.29, 1.82) is 0 Å². The molecule has 0 bridgehead atoms. The lowest BCUT2D eigenvalue weighted by atomic mass is 9.58. The summed E-state index contributed by atoms with van der Waals surface area (Å²) in [5.74, 6) is -4.36. The van der Waals surface area contributed by atoms with Gasteiger partial charge in [0.05, 0.1) is 30.8 Å². The van der Waals surface area contributed by atoms with E-state index in [0.29, 0.717) is 0 Å². The van der Waals surface area contributed by atoms with Gasteiger partial charge < -0.3 is 30.3 Å². The van der Waals surface area contributed by atoms with Crippen LogP contribution in [0.3, 0.4) is 0 Å². The van der Waals surface area contributed by atoms with Gasteiger partial charge in [-0.3, -0.25) is 0 Å². The Morgan fingerprint density at radius 1 is 1.29 bits per heavy atom. The van der Waals surface area contributed by atoms with Gasteiger partial charge in [-0.15, -0.1) is 6.58 Å². The van der Waals surface area contributed by atoms with Crippen LogP contribution in [0.25, 0.3) is 0 Å². The molecule has 0 heterocycles. The van der Waals surface area contributed by atoms with Gasteiger partial charge in [0.15, 0.2) is 0 Å². The number of hydrogen-bond acceptors (Lipinski definition) is 7. The Hall–Kier alpha value is -2.26. The van der Waals surface area contributed by atoms with E-state index in [1.165, 1.54) is 6.08 Å². The highest BCUT2D eigenvalue weighted by molar-refractivity contribution is 5.89. The number of rotatable bonds is 9. The molecule has 156 valence electrons. The zero-order valence-electron chi connectivity index (χ0n) is 15.9. The lowest BCUT2D eigenvalue weighted by Crippen LogP contribution is -2.54. The molecule has 1 fully saturated rings. The molecule has 0 spiro atoms. The molecule has 0 aromatic rings. The molecule has 5 N–H and O–H groups in total. The second-order valence-corrected chi connectivity index (χ2v) is 7.22. The number of aliphatic carboxylic acids is 1. The molecular weight excluding hydrogens is 368 g/mol. The highest BCUT2D eigenvalue weighted by Crippen LogP contribution is 2.50. The molecule has 6 atom stereocenters. The summed E-state index contributed by atoms with van der Waals surface area (Å²) >= 11 is 0. The molecule has 0 aromatic carbocycles. The van der Waals surface area contributed by atoms with Gasteiger partial charge in [-0.25, -0.2) is 9.59 Å². The van der Waals surface area contributed by atoms with Crippen molar-refractivity contribution in [3.8, 4) is 0 Å². The number of aliphatic hydroxyl groups is 4. The van der Waals surface area contributed by atoms with Crippen LogP contribution in [-0.2, 0) is 14.3 Å². The van der Waals surface area contributed by atoms with Crippen LogP contribution >= 0.6 is 0 Å². The second kappa shape index (κ2) is 9.29. The molecule has 28 heavy (non-hydrogen) atoms. The number of esters is 1. The molecule has 1 saturated carbocycles. The Bertz CT molecular complexity index is 682. The third-order valence-electron chi connectivity index (χ3n) is 5.34. The van der Waals surface area contributed by atoms with Crippen molar-refractivity contribution in [3.63, 3.8) is 0 Å². The maximum atomic E-state index is 12.3. The predicted octanol–water partition coefficient (Wildman–Crippen LogP) is 0.186. The first-order chi connectivity index (χ1) is 12.9. The van der Waals surface area contributed by atoms with E-state index in [4.69, 9.17) is 9.84 Å². The fraction of sp³-hybridized carbons (Fsp3) is 0.500. The molecule has 1 aliphatic rings. The van der Waals surface area contributed by atoms with Crippen LogP contribution in [0.1, 0.15) is 13.3 Å². The van der Waals surface area contributed by atoms with Crippen molar-refractivity contribution in [2.45, 2.75) is 31.7 Å². The van der Waals surface area contributed by atoms with Crippen molar-refractivity contribution in [2.24, 2.45) is 17.3 Å². The van der Waals surface area contributed by atoms with E-state index in [-0.39, 0.29) is 17.6 Å². The molecule has 0 unspecified atom stereocenters. The van der Waals surface area contributed by atoms with E-state index in [2.05, 4.69) is 26.3 Å². The summed E-state index contributed by atoms with van der Waals surface area (Å²) in [6.45, 7) is 14.9. The molecule has 0 saturated heterocycles. The fourth-order valence-electron chi connectivity index (χ4n) is 3.67. The summed E-state index contributed by atoms with van der Waals surface area (Å²) in [5.41, 5.74) is -1.38. The minimum atomic E-state index is -1.53. The number of aliphatic hydroxyl groups excluding tert-OH is 4. The van der Waals surface area contributed by atoms with E-state index in [9.17, 15) is 30.0 Å². The molecule has 0 amide bonds. The van der Waals surface area contributed by atoms with E-state index >= 15 is 0 Å². The Labute approximate surface area is 163 Å². The number of allylic oxidation sites excluding steroid dienone is 1. The number of carbonyl (C=O) groups excluding carboxylic acids is 1. The first-order valence-corrected chi connectivity index (χ1v) is 8.66. The van der Waals surface area contributed by atoms with Crippen LogP contribution in [-0.4, -0.2) is 69.0 Å². The molecule has 1 aliphatic carbocycles. The molecule has 8 heteroatoms. The van der Waals surface area contributed by atoms with Gasteiger partial charge in [-0.1, -0.05) is 32.7 Å². The Kier molecular flexibility index (Phi) is 7.89. The number of carboxylic acid groups (broad SMARTS) is 1. The van der Waals surface area contributed by atoms with Gasteiger partial charge >= 0.3 is 11.9 Å². The van der Waals surface area contributed by atoms with Crippen LogP contribution in [0, 0.1) is 17.3 Å². The zero-order valence-corrected chi connectivity index (χ0v) is 15.9. The van der Waals surface area contributed by atoms with Gasteiger partial charge in [-0.2, -0.15) is 0 Å². The fourth-order valence-corrected chi connectivity index (χ4v) is 3.67. The third kappa shape index (κ3) is 4.59. The van der Waals surface area contributed by atoms with E-state index in [1.54, 1.807) is 6.92 Å². The number of carbonyl (C=O) groups is 2. The molecule has 0 radical (unpaired) electrons. The normalized spacial score (nSPS) is 30.8. The molecule has 0 aromatic heterocycles. The molecule has 0 aliphatic heterocycles. The van der Waals surface area contributed by atoms with Crippen LogP contribution in [0.4, 0.5) is 0 Å². The summed E-state index contributed by atoms with van der Waals surface area (Å²) in [7, 11) is 0. The van der Waals surface area contributed by atoms with Crippen molar-refractivity contribution >= 4 is 11.9 Å². The largest absolute Gasteiger partial charge is 0.478 e. The number of carboxylic acids is 1. The van der Waals surface area contributed by atoms with Crippen molar-refractivity contribution in [2.75, 3.05) is 13.2 Å².